The Morgan fingerprint density at radius 1 is 1.45 bits per heavy atom. The van der Waals surface area contributed by atoms with Crippen molar-refractivity contribution in [2.75, 3.05) is 6.61 Å². The highest BCUT2D eigenvalue weighted by Gasteiger charge is 2.16. The Bertz CT molecular complexity index is 500. The van der Waals surface area contributed by atoms with Gasteiger partial charge < -0.3 is 15.2 Å². The zero-order chi connectivity index (χ0) is 15.1. The summed E-state index contributed by atoms with van der Waals surface area (Å²) in [6, 6.07) is -0.400. The lowest BCUT2D eigenvalue weighted by molar-refractivity contribution is -0.144. The molecule has 0 saturated heterocycles. The lowest BCUT2D eigenvalue weighted by atomic mass is 10.2. The molecule has 2 N–H and O–H groups in total. The SMILES string of the molecule is CCOC(=O)CCC(=O)NC(C)c1nc(C(=O)O)cs1. The first-order valence-electron chi connectivity index (χ1n) is 6.07. The molecule has 0 aliphatic heterocycles. The molecule has 1 amide bonds. The third-order valence-electron chi connectivity index (χ3n) is 2.35. The number of ether oxygens (including phenoxy) is 1. The van der Waals surface area contributed by atoms with E-state index in [0.29, 0.717) is 5.01 Å². The number of nitrogens with zero attached hydrogens (tertiary/aromatic N) is 1. The minimum absolute atomic E-state index is 0.0185. The van der Waals surface area contributed by atoms with Gasteiger partial charge in [-0.25, -0.2) is 9.78 Å². The van der Waals surface area contributed by atoms with Crippen LogP contribution >= 0.6 is 11.3 Å². The van der Waals surface area contributed by atoms with Gasteiger partial charge in [0.05, 0.1) is 19.1 Å². The van der Waals surface area contributed by atoms with Crippen molar-refractivity contribution in [3.63, 3.8) is 0 Å². The number of thiazole rings is 1. The molecule has 1 atom stereocenters. The molecule has 8 heteroatoms. The number of aromatic carboxylic acids is 1. The summed E-state index contributed by atoms with van der Waals surface area (Å²) < 4.78 is 4.72. The lowest BCUT2D eigenvalue weighted by Gasteiger charge is -2.10. The van der Waals surface area contributed by atoms with E-state index in [0.717, 1.165) is 11.3 Å². The second-order valence-electron chi connectivity index (χ2n) is 3.97. The molecule has 1 rings (SSSR count). The van der Waals surface area contributed by atoms with Crippen molar-refractivity contribution in [1.82, 2.24) is 10.3 Å². The molecule has 0 radical (unpaired) electrons. The monoisotopic (exact) mass is 300 g/mol. The fourth-order valence-electron chi connectivity index (χ4n) is 1.41. The first-order valence-corrected chi connectivity index (χ1v) is 6.95. The fourth-order valence-corrected chi connectivity index (χ4v) is 2.21. The van der Waals surface area contributed by atoms with Gasteiger partial charge in [0, 0.05) is 11.8 Å². The molecule has 0 bridgehead atoms. The number of carboxylic acid groups (broad SMARTS) is 1. The summed E-state index contributed by atoms with van der Waals surface area (Å²) in [7, 11) is 0. The molecule has 0 saturated carbocycles. The van der Waals surface area contributed by atoms with Crippen LogP contribution in [0, 0.1) is 0 Å². The van der Waals surface area contributed by atoms with Crippen LogP contribution < -0.4 is 5.32 Å². The topological polar surface area (TPSA) is 106 Å². The molecule has 1 aromatic rings. The minimum atomic E-state index is -1.10. The summed E-state index contributed by atoms with van der Waals surface area (Å²) in [6.07, 6.45) is 0.0466. The third-order valence-corrected chi connectivity index (χ3v) is 3.38. The Hall–Kier alpha value is -1.96. The van der Waals surface area contributed by atoms with Gasteiger partial charge in [0.15, 0.2) is 5.69 Å². The van der Waals surface area contributed by atoms with E-state index >= 15 is 0 Å². The van der Waals surface area contributed by atoms with E-state index in [1.165, 1.54) is 5.38 Å². The van der Waals surface area contributed by atoms with Crippen LogP contribution in [0.4, 0.5) is 0 Å². The van der Waals surface area contributed by atoms with Gasteiger partial charge in [-0.15, -0.1) is 11.3 Å². The number of hydrogen-bond acceptors (Lipinski definition) is 6. The van der Waals surface area contributed by atoms with E-state index in [1.807, 2.05) is 0 Å². The Labute approximate surface area is 120 Å². The van der Waals surface area contributed by atoms with E-state index < -0.39 is 18.0 Å². The van der Waals surface area contributed by atoms with E-state index in [1.54, 1.807) is 13.8 Å². The second kappa shape index (κ2) is 7.59. The lowest BCUT2D eigenvalue weighted by Crippen LogP contribution is -2.27. The van der Waals surface area contributed by atoms with Gasteiger partial charge in [-0.3, -0.25) is 9.59 Å². The molecule has 0 aliphatic rings. The predicted molar refractivity (Wildman–Crippen MR) is 71.5 cm³/mol. The number of nitrogens with one attached hydrogen (secondary N) is 1. The van der Waals surface area contributed by atoms with Gasteiger partial charge in [0.2, 0.25) is 5.91 Å². The van der Waals surface area contributed by atoms with Crippen molar-refractivity contribution in [1.29, 1.82) is 0 Å². The van der Waals surface area contributed by atoms with E-state index in [4.69, 9.17) is 9.84 Å². The van der Waals surface area contributed by atoms with Gasteiger partial charge in [-0.05, 0) is 13.8 Å². The first kappa shape index (κ1) is 16.1. The first-order chi connectivity index (χ1) is 9.43. The molecular formula is C12H16N2O5S. The van der Waals surface area contributed by atoms with Crippen LogP contribution in [0.25, 0.3) is 0 Å². The van der Waals surface area contributed by atoms with Crippen molar-refractivity contribution in [2.45, 2.75) is 32.7 Å². The van der Waals surface area contributed by atoms with E-state index in [9.17, 15) is 14.4 Å². The van der Waals surface area contributed by atoms with Crippen molar-refractivity contribution in [3.8, 4) is 0 Å². The Morgan fingerprint density at radius 3 is 2.70 bits per heavy atom. The number of amides is 1. The third kappa shape index (κ3) is 4.96. The van der Waals surface area contributed by atoms with Crippen LogP contribution in [-0.4, -0.2) is 34.5 Å². The molecule has 1 unspecified atom stereocenters. The Morgan fingerprint density at radius 2 is 2.15 bits per heavy atom. The maximum absolute atomic E-state index is 11.6. The minimum Gasteiger partial charge on any atom is -0.476 e. The Kier molecular flexibility index (Phi) is 6.10. The van der Waals surface area contributed by atoms with E-state index in [-0.39, 0.29) is 31.0 Å². The summed E-state index contributed by atoms with van der Waals surface area (Å²) >= 11 is 1.16. The Balaban J connectivity index is 2.44. The smallest absolute Gasteiger partial charge is 0.355 e. The summed E-state index contributed by atoms with van der Waals surface area (Å²) in [5, 5.41) is 13.3. The molecule has 0 aromatic carbocycles. The predicted octanol–water partition coefficient (Wildman–Crippen LogP) is 1.36. The second-order valence-corrected chi connectivity index (χ2v) is 4.86. The van der Waals surface area contributed by atoms with Gasteiger partial charge in [0.25, 0.3) is 0 Å². The molecule has 1 aromatic heterocycles. The molecular weight excluding hydrogens is 284 g/mol. The molecule has 7 nitrogen and oxygen atoms in total. The fraction of sp³-hybridized carbons (Fsp3) is 0.500. The molecule has 0 spiro atoms. The molecule has 0 fully saturated rings. The van der Waals surface area contributed by atoms with Crippen molar-refractivity contribution < 1.29 is 24.2 Å². The number of esters is 1. The normalized spacial score (nSPS) is 11.7. The van der Waals surface area contributed by atoms with Gasteiger partial charge in [0.1, 0.15) is 5.01 Å². The highest BCUT2D eigenvalue weighted by Crippen LogP contribution is 2.18. The average Bonchev–Trinajstić information content (AvgIpc) is 2.86. The van der Waals surface area contributed by atoms with Crippen LogP contribution in [-0.2, 0) is 14.3 Å². The zero-order valence-corrected chi connectivity index (χ0v) is 12.0. The molecule has 20 heavy (non-hydrogen) atoms. The highest BCUT2D eigenvalue weighted by molar-refractivity contribution is 7.09. The van der Waals surface area contributed by atoms with Crippen molar-refractivity contribution in [3.05, 3.63) is 16.1 Å². The number of rotatable bonds is 7. The zero-order valence-electron chi connectivity index (χ0n) is 11.2. The van der Waals surface area contributed by atoms with Crippen LogP contribution in [0.3, 0.4) is 0 Å². The maximum Gasteiger partial charge on any atom is 0.355 e. The van der Waals surface area contributed by atoms with Crippen LogP contribution in [0.2, 0.25) is 0 Å². The van der Waals surface area contributed by atoms with E-state index in [2.05, 4.69) is 10.3 Å². The molecule has 1 heterocycles. The molecule has 0 aliphatic carbocycles. The van der Waals surface area contributed by atoms with Crippen LogP contribution in [0.15, 0.2) is 5.38 Å². The number of carboxylic acids is 1. The molecule has 110 valence electrons. The van der Waals surface area contributed by atoms with Crippen LogP contribution in [0.1, 0.15) is 48.2 Å². The quantitative estimate of drug-likeness (QED) is 0.737. The number of carbonyl (C=O) groups is 3. The van der Waals surface area contributed by atoms with Gasteiger partial charge in [-0.2, -0.15) is 0 Å². The number of aromatic nitrogens is 1. The summed E-state index contributed by atoms with van der Waals surface area (Å²) in [6.45, 7) is 3.68. The number of hydrogen-bond donors (Lipinski definition) is 2. The maximum atomic E-state index is 11.6. The van der Waals surface area contributed by atoms with Crippen molar-refractivity contribution >= 4 is 29.2 Å². The summed E-state index contributed by atoms with van der Waals surface area (Å²) in [5.74, 6) is -1.83. The standard InChI is InChI=1S/C12H16N2O5S/c1-3-19-10(16)5-4-9(15)13-7(2)11-14-8(6-20-11)12(17)18/h6-7H,3-5H2,1-2H3,(H,13,15)(H,17,18). The van der Waals surface area contributed by atoms with Gasteiger partial charge >= 0.3 is 11.9 Å². The summed E-state index contributed by atoms with van der Waals surface area (Å²) in [5.41, 5.74) is -0.0439. The highest BCUT2D eigenvalue weighted by atomic mass is 32.1. The van der Waals surface area contributed by atoms with Gasteiger partial charge in [-0.1, -0.05) is 0 Å². The van der Waals surface area contributed by atoms with Crippen molar-refractivity contribution in [2.24, 2.45) is 0 Å². The van der Waals surface area contributed by atoms with Crippen LogP contribution in [0.5, 0.6) is 0 Å². The number of carbonyl (C=O) groups excluding carboxylic acids is 2. The largest absolute Gasteiger partial charge is 0.476 e. The summed E-state index contributed by atoms with van der Waals surface area (Å²) in [4.78, 5) is 37.3. The average molecular weight is 300 g/mol.